The van der Waals surface area contributed by atoms with Crippen molar-refractivity contribution < 1.29 is 13.2 Å². The van der Waals surface area contributed by atoms with Crippen LogP contribution in [0.4, 0.5) is 13.2 Å². The normalized spacial score (nSPS) is 30.2. The first-order valence-corrected chi connectivity index (χ1v) is 6.11. The molecule has 1 aromatic rings. The average molecular weight is 263 g/mol. The quantitative estimate of drug-likeness (QED) is 0.633. The highest BCUT2D eigenvalue weighted by Gasteiger charge is 2.54. The minimum atomic E-state index is -4.30. The van der Waals surface area contributed by atoms with Gasteiger partial charge < -0.3 is 0 Å². The number of alkyl halides is 4. The minimum absolute atomic E-state index is 0.0115. The summed E-state index contributed by atoms with van der Waals surface area (Å²) in [5.41, 5.74) is 1.12. The lowest BCUT2D eigenvalue weighted by Crippen LogP contribution is -2.42. The molecule has 1 aliphatic rings. The van der Waals surface area contributed by atoms with Crippen LogP contribution in [-0.4, -0.2) is 11.1 Å². The second-order valence-corrected chi connectivity index (χ2v) is 5.37. The average Bonchev–Trinajstić information content (AvgIpc) is 2.30. The van der Waals surface area contributed by atoms with E-state index in [4.69, 9.17) is 11.6 Å². The first-order chi connectivity index (χ1) is 7.92. The maximum absolute atomic E-state index is 12.7. The summed E-state index contributed by atoms with van der Waals surface area (Å²) in [5, 5.41) is 0. The SMILES string of the molecule is FC(F)(F)C1(Cl)CCC(c2ccccc2)CC1. The molecule has 1 aromatic carbocycles. The maximum atomic E-state index is 12.7. The highest BCUT2D eigenvalue weighted by Crippen LogP contribution is 2.49. The Morgan fingerprint density at radius 1 is 1.06 bits per heavy atom. The van der Waals surface area contributed by atoms with E-state index in [9.17, 15) is 13.2 Å². The molecule has 17 heavy (non-hydrogen) atoms. The Kier molecular flexibility index (Phi) is 3.39. The van der Waals surface area contributed by atoms with Crippen LogP contribution in [0, 0.1) is 0 Å². The van der Waals surface area contributed by atoms with E-state index in [1.165, 1.54) is 0 Å². The van der Waals surface area contributed by atoms with Crippen molar-refractivity contribution in [2.75, 3.05) is 0 Å². The summed E-state index contributed by atoms with van der Waals surface area (Å²) < 4.78 is 38.2. The second kappa shape index (κ2) is 4.52. The van der Waals surface area contributed by atoms with Crippen molar-refractivity contribution in [1.29, 1.82) is 0 Å². The molecule has 0 amide bonds. The zero-order valence-corrected chi connectivity index (χ0v) is 10.1. The number of rotatable bonds is 1. The van der Waals surface area contributed by atoms with Gasteiger partial charge in [-0.1, -0.05) is 30.3 Å². The van der Waals surface area contributed by atoms with Gasteiger partial charge in [0.15, 0.2) is 0 Å². The van der Waals surface area contributed by atoms with Gasteiger partial charge in [-0.3, -0.25) is 0 Å². The summed E-state index contributed by atoms with van der Waals surface area (Å²) in [7, 11) is 0. The van der Waals surface area contributed by atoms with Crippen LogP contribution >= 0.6 is 11.6 Å². The molecule has 1 saturated carbocycles. The van der Waals surface area contributed by atoms with Crippen molar-refractivity contribution in [3.63, 3.8) is 0 Å². The molecule has 0 spiro atoms. The van der Waals surface area contributed by atoms with Gasteiger partial charge in [-0.05, 0) is 37.2 Å². The second-order valence-electron chi connectivity index (χ2n) is 4.65. The number of benzene rings is 1. The zero-order chi connectivity index (χ0) is 12.5. The van der Waals surface area contributed by atoms with Crippen molar-refractivity contribution in [2.45, 2.75) is 42.7 Å². The third-order valence-electron chi connectivity index (χ3n) is 3.56. The van der Waals surface area contributed by atoms with E-state index >= 15 is 0 Å². The van der Waals surface area contributed by atoms with Gasteiger partial charge in [0, 0.05) is 0 Å². The van der Waals surface area contributed by atoms with E-state index in [0.717, 1.165) is 5.56 Å². The number of hydrogen-bond donors (Lipinski definition) is 0. The fraction of sp³-hybridized carbons (Fsp3) is 0.538. The molecule has 0 radical (unpaired) electrons. The molecule has 1 fully saturated rings. The lowest BCUT2D eigenvalue weighted by Gasteiger charge is -2.36. The van der Waals surface area contributed by atoms with Crippen LogP contribution in [0.25, 0.3) is 0 Å². The topological polar surface area (TPSA) is 0 Å². The summed E-state index contributed by atoms with van der Waals surface area (Å²) in [6.07, 6.45) is -3.26. The Bertz CT molecular complexity index is 364. The lowest BCUT2D eigenvalue weighted by molar-refractivity contribution is -0.169. The Hall–Kier alpha value is -0.700. The molecule has 1 aliphatic carbocycles. The number of hydrogen-bond acceptors (Lipinski definition) is 0. The monoisotopic (exact) mass is 262 g/mol. The Morgan fingerprint density at radius 2 is 1.59 bits per heavy atom. The van der Waals surface area contributed by atoms with Crippen LogP contribution < -0.4 is 0 Å². The molecule has 0 aliphatic heterocycles. The summed E-state index contributed by atoms with van der Waals surface area (Å²) in [6, 6.07) is 9.69. The predicted octanol–water partition coefficient (Wildman–Crippen LogP) is 4.88. The van der Waals surface area contributed by atoms with Gasteiger partial charge >= 0.3 is 6.18 Å². The van der Waals surface area contributed by atoms with Crippen LogP contribution in [0.3, 0.4) is 0 Å². The Labute approximate surface area is 104 Å². The smallest absolute Gasteiger partial charge is 0.169 e. The van der Waals surface area contributed by atoms with Crippen LogP contribution in [0.5, 0.6) is 0 Å². The largest absolute Gasteiger partial charge is 0.407 e. The third-order valence-corrected chi connectivity index (χ3v) is 4.15. The highest BCUT2D eigenvalue weighted by atomic mass is 35.5. The van der Waals surface area contributed by atoms with Gasteiger partial charge in [-0.25, -0.2) is 0 Å². The third kappa shape index (κ3) is 2.59. The molecular formula is C13H14ClF3. The van der Waals surface area contributed by atoms with Crippen molar-refractivity contribution in [3.05, 3.63) is 35.9 Å². The van der Waals surface area contributed by atoms with Crippen molar-refractivity contribution in [3.8, 4) is 0 Å². The van der Waals surface area contributed by atoms with Gasteiger partial charge in [-0.2, -0.15) is 13.2 Å². The Balaban J connectivity index is 2.04. The van der Waals surface area contributed by atoms with Crippen molar-refractivity contribution >= 4 is 11.6 Å². The number of halogens is 4. The zero-order valence-electron chi connectivity index (χ0n) is 9.30. The van der Waals surface area contributed by atoms with Crippen LogP contribution in [0.2, 0.25) is 0 Å². The van der Waals surface area contributed by atoms with Gasteiger partial charge in [0.2, 0.25) is 0 Å². The molecule has 0 bridgehead atoms. The van der Waals surface area contributed by atoms with Gasteiger partial charge in [0.1, 0.15) is 4.87 Å². The van der Waals surface area contributed by atoms with Crippen LogP contribution in [-0.2, 0) is 0 Å². The predicted molar refractivity (Wildman–Crippen MR) is 62.3 cm³/mol. The Morgan fingerprint density at radius 3 is 2.06 bits per heavy atom. The van der Waals surface area contributed by atoms with E-state index in [2.05, 4.69) is 0 Å². The lowest BCUT2D eigenvalue weighted by atomic mass is 9.78. The van der Waals surface area contributed by atoms with Crippen molar-refractivity contribution in [2.24, 2.45) is 0 Å². The molecule has 0 nitrogen and oxygen atoms in total. The van der Waals surface area contributed by atoms with Crippen LogP contribution in [0.15, 0.2) is 30.3 Å². The van der Waals surface area contributed by atoms with E-state index in [1.54, 1.807) is 0 Å². The maximum Gasteiger partial charge on any atom is 0.407 e. The van der Waals surface area contributed by atoms with Gasteiger partial charge in [0.05, 0.1) is 0 Å². The fourth-order valence-electron chi connectivity index (χ4n) is 2.42. The summed E-state index contributed by atoms with van der Waals surface area (Å²) in [5.74, 6) is 0.213. The van der Waals surface area contributed by atoms with E-state index in [0.29, 0.717) is 12.8 Å². The highest BCUT2D eigenvalue weighted by molar-refractivity contribution is 6.24. The summed E-state index contributed by atoms with van der Waals surface area (Å²) in [4.78, 5) is -2.00. The molecular weight excluding hydrogens is 249 g/mol. The molecule has 94 valence electrons. The van der Waals surface area contributed by atoms with Crippen molar-refractivity contribution in [1.82, 2.24) is 0 Å². The molecule has 2 rings (SSSR count). The van der Waals surface area contributed by atoms with E-state index in [-0.39, 0.29) is 18.8 Å². The molecule has 0 unspecified atom stereocenters. The molecule has 0 aromatic heterocycles. The molecule has 0 saturated heterocycles. The van der Waals surface area contributed by atoms with Gasteiger partial charge in [0.25, 0.3) is 0 Å². The summed E-state index contributed by atoms with van der Waals surface area (Å²) >= 11 is 5.68. The first kappa shape index (κ1) is 12.7. The summed E-state index contributed by atoms with van der Waals surface area (Å²) in [6.45, 7) is 0. The van der Waals surface area contributed by atoms with Crippen LogP contribution in [0.1, 0.15) is 37.2 Å². The molecule has 0 N–H and O–H groups in total. The van der Waals surface area contributed by atoms with Gasteiger partial charge in [-0.15, -0.1) is 11.6 Å². The molecule has 0 atom stereocenters. The standard InChI is InChI=1S/C13H14ClF3/c14-12(13(15,16)17)8-6-11(7-9-12)10-4-2-1-3-5-10/h1-5,11H,6-9H2. The molecule has 0 heterocycles. The van der Waals surface area contributed by atoms with E-state index in [1.807, 2.05) is 30.3 Å². The fourth-order valence-corrected chi connectivity index (χ4v) is 2.64. The first-order valence-electron chi connectivity index (χ1n) is 5.73. The van der Waals surface area contributed by atoms with E-state index < -0.39 is 11.1 Å². The molecule has 4 heteroatoms. The minimum Gasteiger partial charge on any atom is -0.169 e.